The smallest absolute Gasteiger partial charge is 0.330 e. The number of esters is 1. The van der Waals surface area contributed by atoms with Crippen molar-refractivity contribution in [1.29, 1.82) is 0 Å². The van der Waals surface area contributed by atoms with E-state index in [1.807, 2.05) is 18.2 Å². The van der Waals surface area contributed by atoms with Crippen LogP contribution in [0.1, 0.15) is 18.4 Å². The van der Waals surface area contributed by atoms with Crippen molar-refractivity contribution in [3.63, 3.8) is 0 Å². The fourth-order valence-electron chi connectivity index (χ4n) is 1.79. The van der Waals surface area contributed by atoms with Gasteiger partial charge < -0.3 is 4.74 Å². The molecule has 0 saturated carbocycles. The first-order valence-electron chi connectivity index (χ1n) is 5.46. The van der Waals surface area contributed by atoms with Crippen molar-refractivity contribution >= 4 is 29.2 Å². The van der Waals surface area contributed by atoms with E-state index in [0.29, 0.717) is 10.0 Å². The lowest BCUT2D eigenvalue weighted by Gasteiger charge is -2.18. The van der Waals surface area contributed by atoms with Gasteiger partial charge in [0.2, 0.25) is 0 Å². The zero-order valence-corrected chi connectivity index (χ0v) is 10.7. The molecule has 1 heterocycles. The molecule has 0 radical (unpaired) electrons. The van der Waals surface area contributed by atoms with E-state index in [1.165, 1.54) is 6.08 Å². The molecule has 0 N–H and O–H groups in total. The lowest BCUT2D eigenvalue weighted by molar-refractivity contribution is -0.144. The van der Waals surface area contributed by atoms with Crippen LogP contribution < -0.4 is 0 Å². The molecule has 1 aromatic carbocycles. The number of hydrogen-bond acceptors (Lipinski definition) is 2. The van der Waals surface area contributed by atoms with Crippen LogP contribution in [-0.4, -0.2) is 12.1 Å². The Morgan fingerprint density at radius 1 is 1.35 bits per heavy atom. The third kappa shape index (κ3) is 3.48. The summed E-state index contributed by atoms with van der Waals surface area (Å²) in [6.07, 6.45) is 5.60. The van der Waals surface area contributed by atoms with Gasteiger partial charge in [-0.15, -0.1) is 0 Å². The molecule has 1 unspecified atom stereocenters. The summed E-state index contributed by atoms with van der Waals surface area (Å²) in [6, 6.07) is 5.45. The van der Waals surface area contributed by atoms with Gasteiger partial charge in [0.25, 0.3) is 0 Å². The monoisotopic (exact) mass is 270 g/mol. The highest BCUT2D eigenvalue weighted by molar-refractivity contribution is 6.35. The fraction of sp³-hybridized carbons (Fsp3) is 0.308. The summed E-state index contributed by atoms with van der Waals surface area (Å²) in [5.74, 6) is -0.261. The van der Waals surface area contributed by atoms with E-state index >= 15 is 0 Å². The van der Waals surface area contributed by atoms with Crippen molar-refractivity contribution < 1.29 is 9.53 Å². The van der Waals surface area contributed by atoms with Gasteiger partial charge in [0.05, 0.1) is 0 Å². The Kier molecular flexibility index (Phi) is 4.08. The minimum absolute atomic E-state index is 0.0424. The third-order valence-electron chi connectivity index (χ3n) is 2.69. The van der Waals surface area contributed by atoms with Crippen LogP contribution in [0.2, 0.25) is 10.0 Å². The number of carbonyl (C=O) groups excluding carboxylic acids is 1. The van der Waals surface area contributed by atoms with Crippen LogP contribution in [-0.2, 0) is 16.0 Å². The van der Waals surface area contributed by atoms with Crippen LogP contribution in [0.25, 0.3) is 0 Å². The Morgan fingerprint density at radius 3 is 2.88 bits per heavy atom. The minimum atomic E-state index is -0.261. The first-order chi connectivity index (χ1) is 8.15. The number of rotatable bonds is 3. The van der Waals surface area contributed by atoms with E-state index in [2.05, 4.69) is 0 Å². The van der Waals surface area contributed by atoms with Crippen LogP contribution in [0.15, 0.2) is 30.4 Å². The molecule has 17 heavy (non-hydrogen) atoms. The summed E-state index contributed by atoms with van der Waals surface area (Å²) in [5.41, 5.74) is 1.03. The quantitative estimate of drug-likeness (QED) is 0.781. The van der Waals surface area contributed by atoms with Crippen LogP contribution in [0.4, 0.5) is 0 Å². The molecule has 2 nitrogen and oxygen atoms in total. The van der Waals surface area contributed by atoms with E-state index in [9.17, 15) is 4.79 Å². The van der Waals surface area contributed by atoms with Crippen LogP contribution >= 0.6 is 23.2 Å². The third-order valence-corrected chi connectivity index (χ3v) is 3.27. The Labute approximate surface area is 110 Å². The second-order valence-electron chi connectivity index (χ2n) is 3.97. The van der Waals surface area contributed by atoms with Crippen molar-refractivity contribution in [2.75, 3.05) is 0 Å². The fourth-order valence-corrected chi connectivity index (χ4v) is 2.29. The van der Waals surface area contributed by atoms with Gasteiger partial charge in [-0.2, -0.15) is 0 Å². The molecule has 0 bridgehead atoms. The largest absolute Gasteiger partial charge is 0.459 e. The number of hydrogen-bond donors (Lipinski definition) is 0. The SMILES string of the molecule is O=C1C=CCC(CCc2ccc(Cl)cc2Cl)O1. The van der Waals surface area contributed by atoms with Gasteiger partial charge in [0.1, 0.15) is 6.10 Å². The maximum atomic E-state index is 11.0. The van der Waals surface area contributed by atoms with E-state index in [4.69, 9.17) is 27.9 Å². The summed E-state index contributed by atoms with van der Waals surface area (Å²) in [7, 11) is 0. The normalized spacial score (nSPS) is 19.2. The number of ether oxygens (including phenoxy) is 1. The Morgan fingerprint density at radius 2 is 2.18 bits per heavy atom. The van der Waals surface area contributed by atoms with Gasteiger partial charge in [-0.1, -0.05) is 35.3 Å². The molecule has 0 amide bonds. The van der Waals surface area contributed by atoms with E-state index in [1.54, 1.807) is 6.07 Å². The first kappa shape index (κ1) is 12.5. The summed E-state index contributed by atoms with van der Waals surface area (Å²) in [6.45, 7) is 0. The minimum Gasteiger partial charge on any atom is -0.459 e. The van der Waals surface area contributed by atoms with Gasteiger partial charge in [0.15, 0.2) is 0 Å². The van der Waals surface area contributed by atoms with Crippen molar-refractivity contribution in [2.45, 2.75) is 25.4 Å². The number of benzene rings is 1. The molecule has 1 atom stereocenters. The highest BCUT2D eigenvalue weighted by Gasteiger charge is 2.16. The zero-order chi connectivity index (χ0) is 12.3. The lowest BCUT2D eigenvalue weighted by Crippen LogP contribution is -2.20. The number of aryl methyl sites for hydroxylation is 1. The van der Waals surface area contributed by atoms with Gasteiger partial charge >= 0.3 is 5.97 Å². The van der Waals surface area contributed by atoms with Crippen LogP contribution in [0.3, 0.4) is 0 Å². The molecule has 2 rings (SSSR count). The predicted molar refractivity (Wildman–Crippen MR) is 68.4 cm³/mol. The molecule has 1 aromatic rings. The second kappa shape index (κ2) is 5.56. The average molecular weight is 271 g/mol. The van der Waals surface area contributed by atoms with Crippen LogP contribution in [0.5, 0.6) is 0 Å². The standard InChI is InChI=1S/C13H12Cl2O2/c14-10-6-4-9(12(15)8-10)5-7-11-2-1-3-13(16)17-11/h1,3-4,6,8,11H,2,5,7H2. The van der Waals surface area contributed by atoms with Crippen LogP contribution in [0, 0.1) is 0 Å². The maximum absolute atomic E-state index is 11.0. The molecule has 0 aromatic heterocycles. The Balaban J connectivity index is 1.93. The molecule has 0 spiro atoms. The summed E-state index contributed by atoms with van der Waals surface area (Å²) in [4.78, 5) is 11.0. The van der Waals surface area contributed by atoms with Crippen molar-refractivity contribution in [1.82, 2.24) is 0 Å². The van der Waals surface area contributed by atoms with Gasteiger partial charge in [-0.25, -0.2) is 4.79 Å². The van der Waals surface area contributed by atoms with E-state index in [0.717, 1.165) is 24.8 Å². The van der Waals surface area contributed by atoms with Gasteiger partial charge in [-0.3, -0.25) is 0 Å². The van der Waals surface area contributed by atoms with Crippen molar-refractivity contribution in [3.05, 3.63) is 46.0 Å². The van der Waals surface area contributed by atoms with Crippen molar-refractivity contribution in [2.24, 2.45) is 0 Å². The van der Waals surface area contributed by atoms with E-state index < -0.39 is 0 Å². The summed E-state index contributed by atoms with van der Waals surface area (Å²) in [5, 5.41) is 1.29. The molecule has 1 aliphatic heterocycles. The average Bonchev–Trinajstić information content (AvgIpc) is 2.28. The van der Waals surface area contributed by atoms with Crippen molar-refractivity contribution in [3.8, 4) is 0 Å². The highest BCUT2D eigenvalue weighted by Crippen LogP contribution is 2.23. The van der Waals surface area contributed by atoms with Gasteiger partial charge in [-0.05, 0) is 30.5 Å². The number of carbonyl (C=O) groups is 1. The maximum Gasteiger partial charge on any atom is 0.330 e. The summed E-state index contributed by atoms with van der Waals surface area (Å²) >= 11 is 11.9. The second-order valence-corrected chi connectivity index (χ2v) is 4.82. The molecule has 0 saturated heterocycles. The topological polar surface area (TPSA) is 26.3 Å². The van der Waals surface area contributed by atoms with Gasteiger partial charge in [0, 0.05) is 22.5 Å². The Bertz CT molecular complexity index is 455. The number of halogens is 2. The molecular weight excluding hydrogens is 259 g/mol. The zero-order valence-electron chi connectivity index (χ0n) is 9.16. The summed E-state index contributed by atoms with van der Waals surface area (Å²) < 4.78 is 5.18. The molecule has 90 valence electrons. The predicted octanol–water partition coefficient (Wildman–Crippen LogP) is 3.80. The number of cyclic esters (lactones) is 1. The highest BCUT2D eigenvalue weighted by atomic mass is 35.5. The first-order valence-corrected chi connectivity index (χ1v) is 6.22. The molecule has 1 aliphatic rings. The lowest BCUT2D eigenvalue weighted by atomic mass is 10.0. The molecule has 4 heteroatoms. The molecular formula is C13H12Cl2O2. The Hall–Kier alpha value is -0.990. The molecule has 0 aliphatic carbocycles. The van der Waals surface area contributed by atoms with E-state index in [-0.39, 0.29) is 12.1 Å². The molecule has 0 fully saturated rings.